The number of alkyl halides is 3. The summed E-state index contributed by atoms with van der Waals surface area (Å²) in [6.07, 6.45) is -3.28. The number of aromatic nitrogens is 1. The van der Waals surface area contributed by atoms with Crippen LogP contribution >= 0.6 is 35.6 Å². The molecule has 0 amide bonds. The van der Waals surface area contributed by atoms with Crippen LogP contribution in [0.25, 0.3) is 0 Å². The van der Waals surface area contributed by atoms with Gasteiger partial charge in [0.2, 0.25) is 5.88 Å². The van der Waals surface area contributed by atoms with Crippen molar-refractivity contribution in [2.75, 3.05) is 13.2 Å². The van der Waals surface area contributed by atoms with E-state index >= 15 is 0 Å². The molecule has 1 aromatic heterocycles. The minimum Gasteiger partial charge on any atom is -0.477 e. The third kappa shape index (κ3) is 8.76. The minimum atomic E-state index is -4.48. The lowest BCUT2D eigenvalue weighted by molar-refractivity contribution is -0.137. The second-order valence-electron chi connectivity index (χ2n) is 5.85. The molecule has 0 radical (unpaired) electrons. The summed E-state index contributed by atoms with van der Waals surface area (Å²) in [5, 5.41) is 2.82. The lowest BCUT2D eigenvalue weighted by Crippen LogP contribution is -2.45. The number of nitrogens with two attached hydrogens (primary N) is 1. The first-order valence-corrected chi connectivity index (χ1v) is 7.30. The number of nitrogens with zero attached hydrogens (tertiary/aromatic N) is 2. The summed E-state index contributed by atoms with van der Waals surface area (Å²) in [4.78, 5) is 7.69. The molecule has 138 valence electrons. The molecule has 24 heavy (non-hydrogen) atoms. The van der Waals surface area contributed by atoms with Gasteiger partial charge in [-0.05, 0) is 26.8 Å². The van der Waals surface area contributed by atoms with Gasteiger partial charge in [-0.1, -0.05) is 11.6 Å². The zero-order valence-corrected chi connectivity index (χ0v) is 16.7. The third-order valence-electron chi connectivity index (χ3n) is 2.46. The van der Waals surface area contributed by atoms with Gasteiger partial charge < -0.3 is 15.8 Å². The average molecular weight is 481 g/mol. The summed E-state index contributed by atoms with van der Waals surface area (Å²) >= 11 is 5.73. The summed E-state index contributed by atoms with van der Waals surface area (Å²) < 4.78 is 42.7. The van der Waals surface area contributed by atoms with Crippen LogP contribution in [0.3, 0.4) is 0 Å². The van der Waals surface area contributed by atoms with Gasteiger partial charge in [-0.3, -0.25) is 4.99 Å². The van der Waals surface area contributed by atoms with Gasteiger partial charge in [0.05, 0.1) is 12.2 Å². The van der Waals surface area contributed by atoms with Crippen LogP contribution in [0.15, 0.2) is 17.3 Å². The first-order valence-electron chi connectivity index (χ1n) is 6.93. The molecule has 1 heterocycles. The molecule has 0 saturated heterocycles. The molecule has 0 bridgehead atoms. The Kier molecular flexibility index (Phi) is 9.11. The molecule has 1 aromatic rings. The summed E-state index contributed by atoms with van der Waals surface area (Å²) in [7, 11) is 0. The fraction of sp³-hybridized carbons (Fsp3) is 0.571. The minimum absolute atomic E-state index is 0. The highest BCUT2D eigenvalue weighted by Crippen LogP contribution is 2.33. The van der Waals surface area contributed by atoms with Crippen LogP contribution < -0.4 is 15.8 Å². The number of guanidine groups is 1. The Morgan fingerprint density at radius 1 is 1.38 bits per heavy atom. The van der Waals surface area contributed by atoms with E-state index in [1.807, 2.05) is 20.8 Å². The smallest absolute Gasteiger partial charge is 0.417 e. The van der Waals surface area contributed by atoms with Gasteiger partial charge in [0.25, 0.3) is 0 Å². The van der Waals surface area contributed by atoms with Crippen molar-refractivity contribution in [2.24, 2.45) is 10.7 Å². The van der Waals surface area contributed by atoms with E-state index in [4.69, 9.17) is 22.1 Å². The van der Waals surface area contributed by atoms with Crippen LogP contribution in [-0.2, 0) is 6.18 Å². The van der Waals surface area contributed by atoms with Crippen molar-refractivity contribution in [1.82, 2.24) is 10.3 Å². The van der Waals surface area contributed by atoms with Crippen molar-refractivity contribution >= 4 is 41.5 Å². The Balaban J connectivity index is 0.00000529. The second-order valence-corrected chi connectivity index (χ2v) is 6.26. The van der Waals surface area contributed by atoms with Gasteiger partial charge in [0.15, 0.2) is 5.96 Å². The van der Waals surface area contributed by atoms with Gasteiger partial charge in [-0.15, -0.1) is 24.0 Å². The number of rotatable bonds is 5. The van der Waals surface area contributed by atoms with Crippen molar-refractivity contribution in [3.05, 3.63) is 22.8 Å². The summed E-state index contributed by atoms with van der Waals surface area (Å²) in [5.41, 5.74) is 4.60. The zero-order valence-electron chi connectivity index (χ0n) is 13.6. The van der Waals surface area contributed by atoms with Gasteiger partial charge in [-0.2, -0.15) is 13.2 Å². The third-order valence-corrected chi connectivity index (χ3v) is 2.73. The topological polar surface area (TPSA) is 72.5 Å². The molecule has 0 atom stereocenters. The van der Waals surface area contributed by atoms with E-state index < -0.39 is 11.7 Å². The van der Waals surface area contributed by atoms with Crippen LogP contribution in [0.1, 0.15) is 32.8 Å². The number of hydrogen-bond donors (Lipinski definition) is 2. The summed E-state index contributed by atoms with van der Waals surface area (Å²) in [6, 6.07) is 0.785. The van der Waals surface area contributed by atoms with Gasteiger partial charge in [-0.25, -0.2) is 4.98 Å². The lowest BCUT2D eigenvalue weighted by Gasteiger charge is -2.20. The molecule has 10 heteroatoms. The van der Waals surface area contributed by atoms with Crippen molar-refractivity contribution < 1.29 is 17.9 Å². The van der Waals surface area contributed by atoms with E-state index in [9.17, 15) is 13.2 Å². The normalized spacial score (nSPS) is 12.5. The fourth-order valence-corrected chi connectivity index (χ4v) is 1.76. The van der Waals surface area contributed by atoms with Crippen LogP contribution in [0.2, 0.25) is 5.02 Å². The van der Waals surface area contributed by atoms with Crippen LogP contribution in [0.4, 0.5) is 13.2 Å². The van der Waals surface area contributed by atoms with E-state index in [0.717, 1.165) is 6.07 Å². The second kappa shape index (κ2) is 9.50. The van der Waals surface area contributed by atoms with Crippen molar-refractivity contribution in [3.63, 3.8) is 0 Å². The number of nitrogens with one attached hydrogen (secondary N) is 1. The first kappa shape index (κ1) is 23.0. The molecule has 0 aliphatic carbocycles. The van der Waals surface area contributed by atoms with Crippen LogP contribution in [0, 0.1) is 0 Å². The van der Waals surface area contributed by atoms with Crippen molar-refractivity contribution in [2.45, 2.75) is 38.9 Å². The first-order chi connectivity index (χ1) is 10.5. The predicted octanol–water partition coefficient (Wildman–Crippen LogP) is 3.84. The molecule has 3 N–H and O–H groups in total. The molecular formula is C14H21ClF3IN4O. The molecule has 0 spiro atoms. The highest BCUT2D eigenvalue weighted by Gasteiger charge is 2.31. The van der Waals surface area contributed by atoms with E-state index in [0.29, 0.717) is 25.1 Å². The van der Waals surface area contributed by atoms with Gasteiger partial charge in [0, 0.05) is 24.7 Å². The monoisotopic (exact) mass is 480 g/mol. The predicted molar refractivity (Wildman–Crippen MR) is 99.2 cm³/mol. The molecule has 0 saturated carbocycles. The molecule has 0 fully saturated rings. The van der Waals surface area contributed by atoms with Crippen LogP contribution in [0.5, 0.6) is 5.88 Å². The molecule has 0 aliphatic rings. The maximum absolute atomic E-state index is 12.5. The lowest BCUT2D eigenvalue weighted by atomic mass is 10.1. The highest BCUT2D eigenvalue weighted by molar-refractivity contribution is 14.0. The fourth-order valence-electron chi connectivity index (χ4n) is 1.54. The number of ether oxygens (including phenoxy) is 1. The quantitative estimate of drug-likeness (QED) is 0.291. The standard InChI is InChI=1S/C14H20ClF3N4O.HI/c1-13(2,3)22-12(19)20-5-4-6-23-11-10(15)7-9(8-21-11)14(16,17)18;/h7-8H,4-6H2,1-3H3,(H3,19,20,22);1H. The highest BCUT2D eigenvalue weighted by atomic mass is 127. The summed E-state index contributed by atoms with van der Waals surface area (Å²) in [6.45, 7) is 6.49. The molecule has 0 aromatic carbocycles. The number of pyridine rings is 1. The molecule has 1 rings (SSSR count). The Morgan fingerprint density at radius 3 is 2.50 bits per heavy atom. The number of aliphatic imine (C=N–C) groups is 1. The molecule has 0 unspecified atom stereocenters. The van der Waals surface area contributed by atoms with Gasteiger partial charge in [0.1, 0.15) is 5.02 Å². The zero-order chi connectivity index (χ0) is 17.7. The van der Waals surface area contributed by atoms with Gasteiger partial charge >= 0.3 is 6.18 Å². The van der Waals surface area contributed by atoms with Crippen molar-refractivity contribution in [1.29, 1.82) is 0 Å². The Morgan fingerprint density at radius 2 is 2.00 bits per heavy atom. The average Bonchev–Trinajstić information content (AvgIpc) is 2.36. The number of halogens is 5. The van der Waals surface area contributed by atoms with Crippen molar-refractivity contribution in [3.8, 4) is 5.88 Å². The van der Waals surface area contributed by atoms with Crippen LogP contribution in [-0.4, -0.2) is 29.6 Å². The van der Waals surface area contributed by atoms with E-state index in [2.05, 4.69) is 15.3 Å². The largest absolute Gasteiger partial charge is 0.477 e. The van der Waals surface area contributed by atoms with E-state index in [1.165, 1.54) is 0 Å². The maximum atomic E-state index is 12.5. The Hall–Kier alpha value is -0.970. The molecular weight excluding hydrogens is 460 g/mol. The Labute approximate surface area is 161 Å². The molecule has 5 nitrogen and oxygen atoms in total. The summed E-state index contributed by atoms with van der Waals surface area (Å²) in [5.74, 6) is 0.285. The van der Waals surface area contributed by atoms with E-state index in [1.54, 1.807) is 0 Å². The Bertz CT molecular complexity index is 562. The number of hydrogen-bond acceptors (Lipinski definition) is 3. The maximum Gasteiger partial charge on any atom is 0.417 e. The SMILES string of the molecule is CC(C)(C)NC(N)=NCCCOc1ncc(C(F)(F)F)cc1Cl.I. The van der Waals surface area contributed by atoms with E-state index in [-0.39, 0.29) is 47.0 Å². The molecule has 0 aliphatic heterocycles.